The Morgan fingerprint density at radius 2 is 1.96 bits per heavy atom. The maximum Gasteiger partial charge on any atom is 0.325 e. The Labute approximate surface area is 144 Å². The Morgan fingerprint density at radius 3 is 2.52 bits per heavy atom. The molecule has 4 amide bonds. The predicted octanol–water partition coefficient (Wildman–Crippen LogP) is 2.28. The number of nitrogens with zero attached hydrogens (tertiary/aromatic N) is 2. The minimum Gasteiger partial charge on any atom is -0.340 e. The zero-order valence-corrected chi connectivity index (χ0v) is 14.5. The van der Waals surface area contributed by atoms with Gasteiger partial charge in [-0.05, 0) is 25.5 Å². The summed E-state index contributed by atoms with van der Waals surface area (Å²) in [4.78, 5) is 38.5. The molecular formula is C15H17Cl2N3O3. The molecule has 0 saturated carbocycles. The lowest BCUT2D eigenvalue weighted by atomic mass is 10.1. The van der Waals surface area contributed by atoms with Crippen LogP contribution in [0, 0.1) is 0 Å². The van der Waals surface area contributed by atoms with E-state index in [1.165, 1.54) is 4.90 Å². The highest BCUT2D eigenvalue weighted by Gasteiger charge is 2.45. The van der Waals surface area contributed by atoms with Crippen LogP contribution in [0.3, 0.4) is 0 Å². The first kappa shape index (κ1) is 17.6. The largest absolute Gasteiger partial charge is 0.340 e. The highest BCUT2D eigenvalue weighted by Crippen LogP contribution is 2.26. The summed E-state index contributed by atoms with van der Waals surface area (Å²) in [6.45, 7) is 3.09. The van der Waals surface area contributed by atoms with Crippen molar-refractivity contribution < 1.29 is 14.4 Å². The van der Waals surface area contributed by atoms with Crippen LogP contribution in [0.5, 0.6) is 0 Å². The third kappa shape index (κ3) is 3.59. The van der Waals surface area contributed by atoms with E-state index < -0.39 is 17.5 Å². The van der Waals surface area contributed by atoms with Crippen molar-refractivity contribution in [3.8, 4) is 0 Å². The number of likely N-dealkylation sites (N-methyl/N-ethyl adjacent to an activating group) is 1. The Balaban J connectivity index is 2.05. The first-order valence-electron chi connectivity index (χ1n) is 6.94. The lowest BCUT2D eigenvalue weighted by Gasteiger charge is -2.21. The second-order valence-corrected chi connectivity index (χ2v) is 6.69. The fourth-order valence-corrected chi connectivity index (χ4v) is 2.61. The molecule has 0 unspecified atom stereocenters. The highest BCUT2D eigenvalue weighted by molar-refractivity contribution is 6.42. The fraction of sp³-hybridized carbons (Fsp3) is 0.400. The molecule has 1 aliphatic rings. The molecule has 1 aliphatic heterocycles. The van der Waals surface area contributed by atoms with Crippen LogP contribution in [0.4, 0.5) is 4.79 Å². The number of carbonyl (C=O) groups excluding carboxylic acids is 3. The topological polar surface area (TPSA) is 69.7 Å². The zero-order chi connectivity index (χ0) is 17.4. The quantitative estimate of drug-likeness (QED) is 0.840. The molecule has 0 bridgehead atoms. The van der Waals surface area contributed by atoms with Gasteiger partial charge in [-0.3, -0.25) is 14.5 Å². The maximum absolute atomic E-state index is 12.3. The summed E-state index contributed by atoms with van der Waals surface area (Å²) in [6.07, 6.45) is 0. The molecular weight excluding hydrogens is 341 g/mol. The summed E-state index contributed by atoms with van der Waals surface area (Å²) in [6, 6.07) is 4.59. The van der Waals surface area contributed by atoms with Crippen LogP contribution in [0.15, 0.2) is 18.2 Å². The molecule has 8 heteroatoms. The number of nitrogens with one attached hydrogen (secondary N) is 1. The summed E-state index contributed by atoms with van der Waals surface area (Å²) < 4.78 is 0. The molecule has 1 saturated heterocycles. The third-order valence-corrected chi connectivity index (χ3v) is 4.46. The van der Waals surface area contributed by atoms with Crippen molar-refractivity contribution in [3.63, 3.8) is 0 Å². The fourth-order valence-electron chi connectivity index (χ4n) is 2.23. The van der Waals surface area contributed by atoms with Crippen LogP contribution >= 0.6 is 23.2 Å². The van der Waals surface area contributed by atoms with E-state index in [2.05, 4.69) is 5.32 Å². The van der Waals surface area contributed by atoms with Crippen LogP contribution in [-0.2, 0) is 16.1 Å². The van der Waals surface area contributed by atoms with E-state index in [0.29, 0.717) is 15.6 Å². The van der Waals surface area contributed by atoms with Gasteiger partial charge in [0.1, 0.15) is 12.1 Å². The molecule has 1 heterocycles. The molecule has 1 fully saturated rings. The summed E-state index contributed by atoms with van der Waals surface area (Å²) >= 11 is 12.0. The molecule has 1 aromatic rings. The molecule has 1 aromatic carbocycles. The lowest BCUT2D eigenvalue weighted by Crippen LogP contribution is -2.43. The number of halogens is 2. The van der Waals surface area contributed by atoms with Crippen LogP contribution in [-0.4, -0.2) is 46.8 Å². The summed E-state index contributed by atoms with van der Waals surface area (Å²) in [5.74, 6) is -0.799. The SMILES string of the molecule is CN(Cc1cccc(Cl)c1Cl)C(=O)CN1C(=O)NC(C)(C)C1=O. The minimum absolute atomic E-state index is 0.227. The Hall–Kier alpha value is -1.79. The number of amides is 4. The summed E-state index contributed by atoms with van der Waals surface area (Å²) in [5.41, 5.74) is -0.306. The van der Waals surface area contributed by atoms with Gasteiger partial charge >= 0.3 is 6.03 Å². The van der Waals surface area contributed by atoms with E-state index in [1.54, 1.807) is 39.1 Å². The monoisotopic (exact) mass is 357 g/mol. The Kier molecular flexibility index (Phi) is 4.87. The summed E-state index contributed by atoms with van der Waals surface area (Å²) in [7, 11) is 1.57. The van der Waals surface area contributed by atoms with Gasteiger partial charge in [0.2, 0.25) is 5.91 Å². The predicted molar refractivity (Wildman–Crippen MR) is 87.3 cm³/mol. The normalized spacial score (nSPS) is 16.5. The number of hydrogen-bond acceptors (Lipinski definition) is 3. The number of carbonyl (C=O) groups is 3. The van der Waals surface area contributed by atoms with E-state index in [1.807, 2.05) is 0 Å². The van der Waals surface area contributed by atoms with E-state index in [-0.39, 0.29) is 19.0 Å². The van der Waals surface area contributed by atoms with Crippen molar-refractivity contribution >= 4 is 41.0 Å². The Morgan fingerprint density at radius 1 is 1.30 bits per heavy atom. The number of rotatable bonds is 4. The van der Waals surface area contributed by atoms with Crippen molar-refractivity contribution in [2.24, 2.45) is 0 Å². The molecule has 1 N–H and O–H groups in total. The molecule has 2 rings (SSSR count). The van der Waals surface area contributed by atoms with Crippen molar-refractivity contribution in [2.45, 2.75) is 25.9 Å². The van der Waals surface area contributed by atoms with E-state index in [0.717, 1.165) is 4.90 Å². The van der Waals surface area contributed by atoms with Gasteiger partial charge in [0.05, 0.1) is 10.0 Å². The number of hydrogen-bond donors (Lipinski definition) is 1. The third-order valence-electron chi connectivity index (χ3n) is 3.60. The second-order valence-electron chi connectivity index (χ2n) is 5.91. The van der Waals surface area contributed by atoms with Crippen molar-refractivity contribution in [3.05, 3.63) is 33.8 Å². The Bertz CT molecular complexity index is 676. The highest BCUT2D eigenvalue weighted by atomic mass is 35.5. The van der Waals surface area contributed by atoms with E-state index in [4.69, 9.17) is 23.2 Å². The van der Waals surface area contributed by atoms with Gasteiger partial charge in [-0.15, -0.1) is 0 Å². The molecule has 6 nitrogen and oxygen atoms in total. The zero-order valence-electron chi connectivity index (χ0n) is 13.0. The summed E-state index contributed by atoms with van der Waals surface area (Å²) in [5, 5.41) is 3.31. The van der Waals surface area contributed by atoms with Crippen molar-refractivity contribution in [1.82, 2.24) is 15.1 Å². The van der Waals surface area contributed by atoms with Gasteiger partial charge in [-0.2, -0.15) is 0 Å². The molecule has 0 aliphatic carbocycles. The van der Waals surface area contributed by atoms with Gasteiger partial charge in [0.25, 0.3) is 5.91 Å². The van der Waals surface area contributed by atoms with Gasteiger partial charge in [0, 0.05) is 13.6 Å². The van der Waals surface area contributed by atoms with Crippen LogP contribution < -0.4 is 5.32 Å². The maximum atomic E-state index is 12.3. The van der Waals surface area contributed by atoms with Crippen LogP contribution in [0.1, 0.15) is 19.4 Å². The lowest BCUT2D eigenvalue weighted by molar-refractivity contribution is -0.138. The average molecular weight is 358 g/mol. The average Bonchev–Trinajstić information content (AvgIpc) is 2.65. The first-order valence-corrected chi connectivity index (χ1v) is 7.70. The first-order chi connectivity index (χ1) is 10.6. The smallest absolute Gasteiger partial charge is 0.325 e. The standard InChI is InChI=1S/C15H17Cl2N3O3/c1-15(2)13(22)20(14(23)18-15)8-11(21)19(3)7-9-5-4-6-10(16)12(9)17/h4-6H,7-8H2,1-3H3,(H,18,23). The minimum atomic E-state index is -0.994. The van der Waals surface area contributed by atoms with E-state index >= 15 is 0 Å². The van der Waals surface area contributed by atoms with Gasteiger partial charge in [0.15, 0.2) is 0 Å². The second kappa shape index (κ2) is 6.37. The van der Waals surface area contributed by atoms with Gasteiger partial charge < -0.3 is 10.2 Å². The molecule has 0 atom stereocenters. The van der Waals surface area contributed by atoms with Crippen LogP contribution in [0.25, 0.3) is 0 Å². The number of urea groups is 1. The molecule has 0 radical (unpaired) electrons. The molecule has 124 valence electrons. The molecule has 0 spiro atoms. The van der Waals surface area contributed by atoms with Gasteiger partial charge in [-0.25, -0.2) is 4.79 Å². The number of benzene rings is 1. The van der Waals surface area contributed by atoms with Crippen molar-refractivity contribution in [2.75, 3.05) is 13.6 Å². The molecule has 23 heavy (non-hydrogen) atoms. The van der Waals surface area contributed by atoms with Gasteiger partial charge in [-0.1, -0.05) is 35.3 Å². The van der Waals surface area contributed by atoms with Crippen molar-refractivity contribution in [1.29, 1.82) is 0 Å². The molecule has 0 aromatic heterocycles. The van der Waals surface area contributed by atoms with E-state index in [9.17, 15) is 14.4 Å². The van der Waals surface area contributed by atoms with Crippen LogP contribution in [0.2, 0.25) is 10.0 Å². The number of imide groups is 1.